The van der Waals surface area contributed by atoms with E-state index in [9.17, 15) is 4.79 Å². The summed E-state index contributed by atoms with van der Waals surface area (Å²) in [5, 5.41) is 10.8. The summed E-state index contributed by atoms with van der Waals surface area (Å²) in [5.74, 6) is -0.0831. The number of thioether (sulfide) groups is 1. The molecule has 1 N–H and O–H groups in total. The molecule has 0 radical (unpaired) electrons. The van der Waals surface area contributed by atoms with Crippen molar-refractivity contribution < 1.29 is 9.90 Å². The highest BCUT2D eigenvalue weighted by atomic mass is 32.2. The van der Waals surface area contributed by atoms with Gasteiger partial charge in [0.15, 0.2) is 0 Å². The number of carboxylic acids is 1. The van der Waals surface area contributed by atoms with E-state index < -0.39 is 5.97 Å². The van der Waals surface area contributed by atoms with E-state index in [2.05, 4.69) is 9.97 Å². The summed E-state index contributed by atoms with van der Waals surface area (Å²) in [7, 11) is 0. The summed E-state index contributed by atoms with van der Waals surface area (Å²) in [6, 6.07) is 0. The fraction of sp³-hybridized carbons (Fsp3) is 0.250. The SMILES string of the molecule is C/C=C/CSc1ncnc2sc(C(=O)O)c(C)c12. The molecule has 2 heterocycles. The average Bonchev–Trinajstić information content (AvgIpc) is 2.68. The standard InChI is InChI=1S/C12H12N2O2S2/c1-3-4-5-17-10-8-7(2)9(12(15)16)18-11(8)14-6-13-10/h3-4,6H,5H2,1-2H3,(H,15,16)/b4-3+. The highest BCUT2D eigenvalue weighted by Crippen LogP contribution is 2.34. The van der Waals surface area contributed by atoms with Crippen LogP contribution in [0.25, 0.3) is 10.2 Å². The van der Waals surface area contributed by atoms with E-state index in [0.29, 0.717) is 4.88 Å². The zero-order valence-corrected chi connectivity index (χ0v) is 11.6. The Balaban J connectivity index is 2.50. The molecule has 0 aliphatic heterocycles. The molecule has 0 aromatic carbocycles. The molecule has 0 aliphatic rings. The van der Waals surface area contributed by atoms with E-state index >= 15 is 0 Å². The number of nitrogens with zero attached hydrogens (tertiary/aromatic N) is 2. The van der Waals surface area contributed by atoms with Crippen molar-refractivity contribution >= 4 is 39.3 Å². The number of carbonyl (C=O) groups is 1. The van der Waals surface area contributed by atoms with Gasteiger partial charge < -0.3 is 5.11 Å². The molecule has 0 atom stereocenters. The third kappa shape index (κ3) is 2.39. The third-order valence-electron chi connectivity index (χ3n) is 2.44. The Hall–Kier alpha value is -1.40. The Morgan fingerprint density at radius 1 is 1.56 bits per heavy atom. The Morgan fingerprint density at radius 2 is 2.33 bits per heavy atom. The van der Waals surface area contributed by atoms with Crippen LogP contribution in [-0.2, 0) is 0 Å². The van der Waals surface area contributed by atoms with Crippen LogP contribution in [0.15, 0.2) is 23.5 Å². The quantitative estimate of drug-likeness (QED) is 0.528. The lowest BCUT2D eigenvalue weighted by Crippen LogP contribution is -1.94. The molecular formula is C12H12N2O2S2. The van der Waals surface area contributed by atoms with E-state index in [1.54, 1.807) is 11.8 Å². The Morgan fingerprint density at radius 3 is 3.00 bits per heavy atom. The van der Waals surface area contributed by atoms with Crippen LogP contribution in [0.2, 0.25) is 0 Å². The van der Waals surface area contributed by atoms with E-state index in [-0.39, 0.29) is 0 Å². The van der Waals surface area contributed by atoms with Gasteiger partial charge in [-0.2, -0.15) is 0 Å². The zero-order valence-electron chi connectivity index (χ0n) is 10.0. The van der Waals surface area contributed by atoms with Crippen molar-refractivity contribution in [3.8, 4) is 0 Å². The first-order chi connectivity index (χ1) is 8.65. The maximum atomic E-state index is 11.1. The summed E-state index contributed by atoms with van der Waals surface area (Å²) in [5.41, 5.74) is 0.756. The highest BCUT2D eigenvalue weighted by Gasteiger charge is 2.18. The molecule has 0 unspecified atom stereocenters. The van der Waals surface area contributed by atoms with E-state index in [4.69, 9.17) is 5.11 Å². The Bertz CT molecular complexity index is 620. The Labute approximate surface area is 113 Å². The predicted octanol–water partition coefficient (Wildman–Crippen LogP) is 3.37. The number of hydrogen-bond donors (Lipinski definition) is 1. The molecule has 0 amide bonds. The fourth-order valence-corrected chi connectivity index (χ4v) is 3.59. The molecule has 0 saturated heterocycles. The van der Waals surface area contributed by atoms with E-state index in [1.165, 1.54) is 17.7 Å². The average molecular weight is 280 g/mol. The van der Waals surface area contributed by atoms with Crippen LogP contribution in [0, 0.1) is 6.92 Å². The number of aryl methyl sites for hydroxylation is 1. The van der Waals surface area contributed by atoms with Crippen LogP contribution in [0.1, 0.15) is 22.2 Å². The van der Waals surface area contributed by atoms with E-state index in [0.717, 1.165) is 26.6 Å². The van der Waals surface area contributed by atoms with Gasteiger partial charge >= 0.3 is 5.97 Å². The van der Waals surface area contributed by atoms with Gasteiger partial charge in [-0.05, 0) is 19.4 Å². The molecular weight excluding hydrogens is 268 g/mol. The monoisotopic (exact) mass is 280 g/mol. The Kier molecular flexibility index (Phi) is 3.98. The van der Waals surface area contributed by atoms with Gasteiger partial charge in [-0.1, -0.05) is 12.2 Å². The normalized spacial score (nSPS) is 11.4. The van der Waals surface area contributed by atoms with Gasteiger partial charge in [0.05, 0.1) is 0 Å². The number of hydrogen-bond acceptors (Lipinski definition) is 5. The second-order valence-corrected chi connectivity index (χ2v) is 5.61. The van der Waals surface area contributed by atoms with Crippen molar-refractivity contribution in [3.63, 3.8) is 0 Å². The van der Waals surface area contributed by atoms with Crippen molar-refractivity contribution in [1.82, 2.24) is 9.97 Å². The van der Waals surface area contributed by atoms with Crippen LogP contribution in [0.4, 0.5) is 0 Å². The third-order valence-corrected chi connectivity index (χ3v) is 4.57. The second kappa shape index (κ2) is 5.49. The van der Waals surface area contributed by atoms with Crippen molar-refractivity contribution in [2.45, 2.75) is 18.9 Å². The number of fused-ring (bicyclic) bond motifs is 1. The highest BCUT2D eigenvalue weighted by molar-refractivity contribution is 7.99. The fourth-order valence-electron chi connectivity index (χ4n) is 1.58. The minimum Gasteiger partial charge on any atom is -0.477 e. The number of thiophene rings is 1. The van der Waals surface area contributed by atoms with Gasteiger partial charge in [-0.25, -0.2) is 14.8 Å². The lowest BCUT2D eigenvalue weighted by atomic mass is 10.2. The molecule has 0 saturated carbocycles. The number of aromatic nitrogens is 2. The number of rotatable bonds is 4. The lowest BCUT2D eigenvalue weighted by molar-refractivity contribution is 0.0701. The van der Waals surface area contributed by atoms with Crippen molar-refractivity contribution in [2.75, 3.05) is 5.75 Å². The van der Waals surface area contributed by atoms with Gasteiger partial charge in [-0.3, -0.25) is 0 Å². The summed E-state index contributed by atoms with van der Waals surface area (Å²) in [4.78, 5) is 20.6. The first-order valence-electron chi connectivity index (χ1n) is 5.36. The van der Waals surface area contributed by atoms with Gasteiger partial charge in [-0.15, -0.1) is 23.1 Å². The zero-order chi connectivity index (χ0) is 13.1. The van der Waals surface area contributed by atoms with Crippen LogP contribution >= 0.6 is 23.1 Å². The van der Waals surface area contributed by atoms with Gasteiger partial charge in [0.1, 0.15) is 21.1 Å². The molecule has 0 aliphatic carbocycles. The molecule has 94 valence electrons. The van der Waals surface area contributed by atoms with Crippen molar-refractivity contribution in [3.05, 3.63) is 28.9 Å². The van der Waals surface area contributed by atoms with Gasteiger partial charge in [0, 0.05) is 11.1 Å². The van der Waals surface area contributed by atoms with Crippen LogP contribution in [0.5, 0.6) is 0 Å². The topological polar surface area (TPSA) is 63.1 Å². The lowest BCUT2D eigenvalue weighted by Gasteiger charge is -2.00. The molecule has 0 bridgehead atoms. The van der Waals surface area contributed by atoms with Crippen LogP contribution in [0.3, 0.4) is 0 Å². The molecule has 18 heavy (non-hydrogen) atoms. The first-order valence-corrected chi connectivity index (χ1v) is 7.16. The van der Waals surface area contributed by atoms with Crippen LogP contribution in [-0.4, -0.2) is 26.8 Å². The van der Waals surface area contributed by atoms with E-state index in [1.807, 2.05) is 26.0 Å². The van der Waals surface area contributed by atoms with Crippen molar-refractivity contribution in [1.29, 1.82) is 0 Å². The largest absolute Gasteiger partial charge is 0.477 e. The summed E-state index contributed by atoms with van der Waals surface area (Å²) >= 11 is 2.79. The maximum absolute atomic E-state index is 11.1. The molecule has 0 spiro atoms. The summed E-state index contributed by atoms with van der Waals surface area (Å²) < 4.78 is 0. The van der Waals surface area contributed by atoms with Gasteiger partial charge in [0.2, 0.25) is 0 Å². The summed E-state index contributed by atoms with van der Waals surface area (Å²) in [6.45, 7) is 3.78. The second-order valence-electron chi connectivity index (χ2n) is 3.60. The molecule has 4 nitrogen and oxygen atoms in total. The molecule has 2 rings (SSSR count). The predicted molar refractivity (Wildman–Crippen MR) is 74.6 cm³/mol. The van der Waals surface area contributed by atoms with Crippen LogP contribution < -0.4 is 0 Å². The van der Waals surface area contributed by atoms with Gasteiger partial charge in [0.25, 0.3) is 0 Å². The smallest absolute Gasteiger partial charge is 0.346 e. The first kappa shape index (κ1) is 13.0. The summed E-state index contributed by atoms with van der Waals surface area (Å²) in [6.07, 6.45) is 5.51. The molecule has 2 aromatic heterocycles. The molecule has 6 heteroatoms. The molecule has 0 fully saturated rings. The number of carboxylic acid groups (broad SMARTS) is 1. The maximum Gasteiger partial charge on any atom is 0.346 e. The van der Waals surface area contributed by atoms with Crippen molar-refractivity contribution in [2.24, 2.45) is 0 Å². The molecule has 2 aromatic rings. The number of allylic oxidation sites excluding steroid dienone is 1. The minimum absolute atomic E-state index is 0.346. The number of aromatic carboxylic acids is 1. The minimum atomic E-state index is -0.903.